The maximum absolute atomic E-state index is 12.0. The Morgan fingerprint density at radius 3 is 2.32 bits per heavy atom. The zero-order valence-electron chi connectivity index (χ0n) is 12.4. The fraction of sp³-hybridized carbons (Fsp3) is 0.188. The molecule has 0 unspecified atom stereocenters. The van der Waals surface area contributed by atoms with Crippen molar-refractivity contribution in [3.05, 3.63) is 47.5 Å². The number of carbonyl (C=O) groups is 1. The van der Waals surface area contributed by atoms with Gasteiger partial charge in [0.05, 0.1) is 31.5 Å². The third kappa shape index (κ3) is 4.30. The summed E-state index contributed by atoms with van der Waals surface area (Å²) in [7, 11) is 3.11. The monoisotopic (exact) mass is 320 g/mol. The quantitative estimate of drug-likeness (QED) is 0.856. The van der Waals surface area contributed by atoms with Crippen molar-refractivity contribution in [1.29, 1.82) is 0 Å². The molecule has 0 saturated carbocycles. The number of rotatable bonds is 6. The van der Waals surface area contributed by atoms with Gasteiger partial charge in [0.15, 0.2) is 0 Å². The molecule has 0 bridgehead atoms. The van der Waals surface area contributed by atoms with E-state index in [1.54, 1.807) is 38.5 Å². The molecule has 2 aromatic carbocycles. The van der Waals surface area contributed by atoms with Crippen LogP contribution in [0.25, 0.3) is 0 Å². The topological polar surface area (TPSA) is 59.6 Å². The number of ether oxygens (including phenoxy) is 2. The maximum atomic E-state index is 12.0. The Morgan fingerprint density at radius 2 is 1.73 bits per heavy atom. The van der Waals surface area contributed by atoms with Gasteiger partial charge in [-0.1, -0.05) is 23.7 Å². The number of amides is 1. The van der Waals surface area contributed by atoms with Crippen LogP contribution < -0.4 is 20.1 Å². The zero-order chi connectivity index (χ0) is 15.9. The van der Waals surface area contributed by atoms with Gasteiger partial charge in [-0.2, -0.15) is 0 Å². The molecule has 116 valence electrons. The first kappa shape index (κ1) is 16.0. The van der Waals surface area contributed by atoms with Crippen molar-refractivity contribution in [2.75, 3.05) is 31.4 Å². The second kappa shape index (κ2) is 7.56. The molecule has 0 spiro atoms. The van der Waals surface area contributed by atoms with E-state index in [2.05, 4.69) is 10.6 Å². The lowest BCUT2D eigenvalue weighted by molar-refractivity contribution is -0.114. The highest BCUT2D eigenvalue weighted by molar-refractivity contribution is 6.33. The van der Waals surface area contributed by atoms with Crippen LogP contribution in [0.3, 0.4) is 0 Å². The number of methoxy groups -OCH3 is 2. The van der Waals surface area contributed by atoms with E-state index in [9.17, 15) is 4.79 Å². The molecule has 22 heavy (non-hydrogen) atoms. The van der Waals surface area contributed by atoms with Crippen LogP contribution in [0.15, 0.2) is 42.5 Å². The lowest BCUT2D eigenvalue weighted by Crippen LogP contribution is -2.21. The number of hydrogen-bond donors (Lipinski definition) is 2. The Labute approximate surface area is 134 Å². The molecular weight excluding hydrogens is 304 g/mol. The highest BCUT2D eigenvalue weighted by Gasteiger charge is 2.07. The Balaban J connectivity index is 1.98. The van der Waals surface area contributed by atoms with E-state index in [1.165, 1.54) is 0 Å². The summed E-state index contributed by atoms with van der Waals surface area (Å²) in [5.74, 6) is 1.01. The van der Waals surface area contributed by atoms with Gasteiger partial charge in [-0.3, -0.25) is 4.79 Å². The number of para-hydroxylation sites is 1. The molecule has 0 aromatic heterocycles. The summed E-state index contributed by atoms with van der Waals surface area (Å²) >= 11 is 6.02. The van der Waals surface area contributed by atoms with Gasteiger partial charge in [0.2, 0.25) is 5.91 Å². The van der Waals surface area contributed by atoms with Crippen molar-refractivity contribution in [2.45, 2.75) is 0 Å². The van der Waals surface area contributed by atoms with E-state index in [1.807, 2.05) is 18.2 Å². The van der Waals surface area contributed by atoms with Crippen LogP contribution >= 0.6 is 11.6 Å². The van der Waals surface area contributed by atoms with Gasteiger partial charge in [-0.05, 0) is 12.1 Å². The fourth-order valence-corrected chi connectivity index (χ4v) is 2.07. The summed E-state index contributed by atoms with van der Waals surface area (Å²) in [4.78, 5) is 12.0. The Bertz CT molecular complexity index is 639. The first-order valence-corrected chi connectivity index (χ1v) is 7.01. The Morgan fingerprint density at radius 1 is 1.09 bits per heavy atom. The van der Waals surface area contributed by atoms with Crippen LogP contribution in [0.2, 0.25) is 5.02 Å². The number of hydrogen-bond acceptors (Lipinski definition) is 4. The summed E-state index contributed by atoms with van der Waals surface area (Å²) in [6.07, 6.45) is 0. The van der Waals surface area contributed by atoms with Crippen molar-refractivity contribution in [3.8, 4) is 11.5 Å². The fourth-order valence-electron chi connectivity index (χ4n) is 1.86. The predicted molar refractivity (Wildman–Crippen MR) is 88.1 cm³/mol. The summed E-state index contributed by atoms with van der Waals surface area (Å²) in [5.41, 5.74) is 1.31. The second-order valence-corrected chi connectivity index (χ2v) is 4.89. The SMILES string of the molecule is COc1cc(NC(=O)CNc2ccccc2Cl)cc(OC)c1. The van der Waals surface area contributed by atoms with Gasteiger partial charge in [0.25, 0.3) is 0 Å². The molecule has 2 aromatic rings. The van der Waals surface area contributed by atoms with Crippen molar-refractivity contribution < 1.29 is 14.3 Å². The average molecular weight is 321 g/mol. The number of anilines is 2. The minimum Gasteiger partial charge on any atom is -0.497 e. The first-order valence-electron chi connectivity index (χ1n) is 6.63. The number of benzene rings is 2. The van der Waals surface area contributed by atoms with E-state index in [0.29, 0.717) is 27.9 Å². The van der Waals surface area contributed by atoms with E-state index in [0.717, 1.165) is 0 Å². The normalized spacial score (nSPS) is 9.95. The largest absolute Gasteiger partial charge is 0.497 e. The van der Waals surface area contributed by atoms with Gasteiger partial charge in [0.1, 0.15) is 11.5 Å². The molecule has 0 radical (unpaired) electrons. The average Bonchev–Trinajstić information content (AvgIpc) is 2.53. The van der Waals surface area contributed by atoms with Crippen molar-refractivity contribution >= 4 is 28.9 Å². The third-order valence-corrected chi connectivity index (χ3v) is 3.28. The molecule has 0 saturated heterocycles. The minimum absolute atomic E-state index is 0.100. The van der Waals surface area contributed by atoms with E-state index >= 15 is 0 Å². The number of nitrogens with one attached hydrogen (secondary N) is 2. The molecule has 6 heteroatoms. The first-order chi connectivity index (χ1) is 10.6. The highest BCUT2D eigenvalue weighted by atomic mass is 35.5. The van der Waals surface area contributed by atoms with Crippen LogP contribution in [0.1, 0.15) is 0 Å². The molecule has 5 nitrogen and oxygen atoms in total. The molecule has 1 amide bonds. The maximum Gasteiger partial charge on any atom is 0.243 e. The zero-order valence-corrected chi connectivity index (χ0v) is 13.1. The van der Waals surface area contributed by atoms with Crippen molar-refractivity contribution in [1.82, 2.24) is 0 Å². The van der Waals surface area contributed by atoms with Crippen LogP contribution in [0.4, 0.5) is 11.4 Å². The van der Waals surface area contributed by atoms with Gasteiger partial charge in [-0.15, -0.1) is 0 Å². The lowest BCUT2D eigenvalue weighted by Gasteiger charge is -2.11. The number of halogens is 1. The standard InChI is InChI=1S/C16H17ClN2O3/c1-21-12-7-11(8-13(9-12)22-2)19-16(20)10-18-15-6-4-3-5-14(15)17/h3-9,18H,10H2,1-2H3,(H,19,20). The summed E-state index contributed by atoms with van der Waals surface area (Å²) < 4.78 is 10.3. The highest BCUT2D eigenvalue weighted by Crippen LogP contribution is 2.25. The minimum atomic E-state index is -0.199. The van der Waals surface area contributed by atoms with Gasteiger partial charge in [-0.25, -0.2) is 0 Å². The van der Waals surface area contributed by atoms with E-state index in [-0.39, 0.29) is 12.5 Å². The molecular formula is C16H17ClN2O3. The summed E-state index contributed by atoms with van der Waals surface area (Å²) in [5, 5.41) is 6.33. The van der Waals surface area contributed by atoms with Gasteiger partial charge >= 0.3 is 0 Å². The van der Waals surface area contributed by atoms with Crippen molar-refractivity contribution in [3.63, 3.8) is 0 Å². The predicted octanol–water partition coefficient (Wildman–Crippen LogP) is 3.41. The van der Waals surface area contributed by atoms with E-state index in [4.69, 9.17) is 21.1 Å². The number of carbonyl (C=O) groups excluding carboxylic acids is 1. The molecule has 0 atom stereocenters. The molecule has 0 fully saturated rings. The molecule has 0 aliphatic rings. The van der Waals surface area contributed by atoms with E-state index < -0.39 is 0 Å². The Kier molecular flexibility index (Phi) is 5.49. The third-order valence-electron chi connectivity index (χ3n) is 2.95. The molecule has 0 aliphatic heterocycles. The van der Waals surface area contributed by atoms with Gasteiger partial charge < -0.3 is 20.1 Å². The molecule has 2 rings (SSSR count). The van der Waals surface area contributed by atoms with Gasteiger partial charge in [0, 0.05) is 23.9 Å². The van der Waals surface area contributed by atoms with Crippen LogP contribution in [0.5, 0.6) is 11.5 Å². The van der Waals surface area contributed by atoms with Crippen LogP contribution in [-0.2, 0) is 4.79 Å². The second-order valence-electron chi connectivity index (χ2n) is 4.48. The summed E-state index contributed by atoms with van der Waals surface area (Å²) in [6.45, 7) is 0.100. The van der Waals surface area contributed by atoms with Crippen LogP contribution in [0, 0.1) is 0 Å². The molecule has 0 aliphatic carbocycles. The summed E-state index contributed by atoms with van der Waals surface area (Å²) in [6, 6.07) is 12.4. The van der Waals surface area contributed by atoms with Crippen LogP contribution in [-0.4, -0.2) is 26.7 Å². The van der Waals surface area contributed by atoms with Crippen molar-refractivity contribution in [2.24, 2.45) is 0 Å². The molecule has 2 N–H and O–H groups in total. The molecule has 0 heterocycles. The Hall–Kier alpha value is -2.40. The smallest absolute Gasteiger partial charge is 0.243 e. The lowest BCUT2D eigenvalue weighted by atomic mass is 10.2.